The van der Waals surface area contributed by atoms with E-state index in [9.17, 15) is 17.6 Å². The molecule has 0 spiro atoms. The monoisotopic (exact) mass is 581 g/mol. The van der Waals surface area contributed by atoms with Gasteiger partial charge < -0.3 is 9.47 Å². The molecule has 2 atom stereocenters. The molecule has 0 saturated carbocycles. The second kappa shape index (κ2) is 10.9. The molecule has 2 aromatic heterocycles. The molecule has 8 nitrogen and oxygen atoms in total. The number of likely N-dealkylation sites (tertiary alicyclic amines) is 1. The van der Waals surface area contributed by atoms with Crippen LogP contribution in [0.1, 0.15) is 30.5 Å². The molecular weight excluding hydrogens is 556 g/mol. The molecule has 0 aliphatic carbocycles. The van der Waals surface area contributed by atoms with Gasteiger partial charge in [0, 0.05) is 48.7 Å². The average molecular weight is 582 g/mol. The van der Waals surface area contributed by atoms with E-state index >= 15 is 4.39 Å². The molecule has 4 heterocycles. The number of benzene rings is 1. The number of hydrogen-bond donors (Lipinski definition) is 1. The van der Waals surface area contributed by atoms with Crippen molar-refractivity contribution in [3.63, 3.8) is 0 Å². The van der Waals surface area contributed by atoms with E-state index in [0.717, 1.165) is 5.41 Å². The van der Waals surface area contributed by atoms with Crippen molar-refractivity contribution < 1.29 is 22.0 Å². The summed E-state index contributed by atoms with van der Waals surface area (Å²) in [6.07, 6.45) is 3.16. The Labute approximate surface area is 228 Å². The Morgan fingerprint density at radius 2 is 2.08 bits per heavy atom. The number of nitrogens with zero attached hydrogens (tertiary/aromatic N) is 4. The Morgan fingerprint density at radius 1 is 1.26 bits per heavy atom. The average Bonchev–Trinajstić information content (AvgIpc) is 3.64. The first-order valence-electron chi connectivity index (χ1n) is 12.1. The van der Waals surface area contributed by atoms with E-state index in [1.165, 1.54) is 28.4 Å². The number of halogens is 3. The smallest absolute Gasteiger partial charge is 0.245 e. The first kappa shape index (κ1) is 26.9. The first-order valence-corrected chi connectivity index (χ1v) is 14.8. The summed E-state index contributed by atoms with van der Waals surface area (Å²) in [6.45, 7) is 3.24. The maximum atomic E-state index is 15.2. The van der Waals surface area contributed by atoms with E-state index < -0.39 is 34.0 Å². The van der Waals surface area contributed by atoms with E-state index in [2.05, 4.69) is 9.71 Å². The third-order valence-corrected chi connectivity index (χ3v) is 9.25. The Kier molecular flexibility index (Phi) is 7.70. The molecule has 3 aromatic rings. The number of sulfonamides is 1. The van der Waals surface area contributed by atoms with Gasteiger partial charge in [-0.2, -0.15) is 4.72 Å². The summed E-state index contributed by atoms with van der Waals surface area (Å²) in [5.74, 6) is -0.482. The quantitative estimate of drug-likeness (QED) is 0.427. The number of aromatic nitrogens is 2. The topological polar surface area (TPSA) is 87.5 Å². The SMILES string of the molecule is C/C(=C/S(=O)(=O)NC1CCN(c2ccc(-n3ccnc3CN3CCC(F)C3)cc2F)C1=O)c1ccc(Cl)s1. The molecule has 1 N–H and O–H groups in total. The van der Waals surface area contributed by atoms with E-state index in [1.54, 1.807) is 42.1 Å². The fraction of sp³-hybridized carbons (Fsp3) is 0.360. The van der Waals surface area contributed by atoms with E-state index in [4.69, 9.17) is 11.6 Å². The second-order valence-electron chi connectivity index (χ2n) is 9.37. The standard InChI is InChI=1S/C25H26ClF2N5O3S2/c1-16(22-4-5-23(26)37-22)15-38(35,36)30-20-7-10-33(25(20)34)21-3-2-18(12-19(21)28)32-11-8-29-24(32)14-31-9-6-17(27)13-31/h2-5,8,11-12,15,17,20,30H,6-7,9-10,13-14H2,1H3/b16-15-. The van der Waals surface area contributed by atoms with Crippen molar-refractivity contribution in [2.24, 2.45) is 0 Å². The number of carbonyl (C=O) groups is 1. The minimum absolute atomic E-state index is 0.0712. The van der Waals surface area contributed by atoms with Crippen LogP contribution in [-0.2, 0) is 21.4 Å². The molecule has 0 bridgehead atoms. The Balaban J connectivity index is 1.28. The van der Waals surface area contributed by atoms with Crippen molar-refractivity contribution in [1.82, 2.24) is 19.2 Å². The molecule has 2 aliphatic heterocycles. The van der Waals surface area contributed by atoms with Crippen LogP contribution in [0.15, 0.2) is 48.1 Å². The number of alkyl halides is 1. The fourth-order valence-electron chi connectivity index (χ4n) is 4.76. The van der Waals surface area contributed by atoms with E-state index in [-0.39, 0.29) is 18.7 Å². The zero-order valence-electron chi connectivity index (χ0n) is 20.5. The van der Waals surface area contributed by atoms with Crippen LogP contribution in [0.2, 0.25) is 4.34 Å². The predicted molar refractivity (Wildman–Crippen MR) is 144 cm³/mol. The number of carbonyl (C=O) groups excluding carboxylic acids is 1. The number of amides is 1. The van der Waals surface area contributed by atoms with E-state index in [0.29, 0.717) is 52.4 Å². The molecule has 13 heteroatoms. The van der Waals surface area contributed by atoms with Crippen LogP contribution in [0.3, 0.4) is 0 Å². The lowest BCUT2D eigenvalue weighted by Crippen LogP contribution is -2.41. The van der Waals surface area contributed by atoms with Crippen molar-refractivity contribution in [2.45, 2.75) is 38.5 Å². The van der Waals surface area contributed by atoms with Gasteiger partial charge in [-0.15, -0.1) is 11.3 Å². The Bertz CT molecular complexity index is 1490. The highest BCUT2D eigenvalue weighted by atomic mass is 35.5. The summed E-state index contributed by atoms with van der Waals surface area (Å²) in [7, 11) is -3.93. The van der Waals surface area contributed by atoms with Crippen molar-refractivity contribution in [1.29, 1.82) is 0 Å². The number of nitrogens with one attached hydrogen (secondary N) is 1. The normalized spacial score (nSPS) is 21.1. The molecule has 5 rings (SSSR count). The number of hydrogen-bond acceptors (Lipinski definition) is 6. The molecule has 2 unspecified atom stereocenters. The number of anilines is 1. The number of imidazole rings is 1. The summed E-state index contributed by atoms with van der Waals surface area (Å²) < 4.78 is 58.9. The van der Waals surface area contributed by atoms with Crippen LogP contribution < -0.4 is 9.62 Å². The highest BCUT2D eigenvalue weighted by Gasteiger charge is 2.36. The van der Waals surface area contributed by atoms with Crippen molar-refractivity contribution in [3.05, 3.63) is 69.0 Å². The van der Waals surface area contributed by atoms with Crippen LogP contribution in [-0.4, -0.2) is 60.6 Å². The highest BCUT2D eigenvalue weighted by Crippen LogP contribution is 2.30. The maximum Gasteiger partial charge on any atom is 0.245 e. The highest BCUT2D eigenvalue weighted by molar-refractivity contribution is 7.92. The van der Waals surface area contributed by atoms with Gasteiger partial charge in [0.25, 0.3) is 0 Å². The van der Waals surface area contributed by atoms with Crippen LogP contribution in [0.4, 0.5) is 14.5 Å². The van der Waals surface area contributed by atoms with Crippen LogP contribution in [0.5, 0.6) is 0 Å². The van der Waals surface area contributed by atoms with Crippen LogP contribution in [0.25, 0.3) is 11.3 Å². The fourth-order valence-corrected chi connectivity index (χ4v) is 7.12. The van der Waals surface area contributed by atoms with Gasteiger partial charge in [0.2, 0.25) is 15.9 Å². The predicted octanol–water partition coefficient (Wildman–Crippen LogP) is 4.36. The zero-order valence-corrected chi connectivity index (χ0v) is 22.9. The lowest BCUT2D eigenvalue weighted by Gasteiger charge is -2.19. The third kappa shape index (κ3) is 5.84. The minimum Gasteiger partial charge on any atom is -0.308 e. The van der Waals surface area contributed by atoms with E-state index in [1.807, 2.05) is 4.90 Å². The molecule has 2 fully saturated rings. The van der Waals surface area contributed by atoms with Crippen molar-refractivity contribution >= 4 is 50.1 Å². The Morgan fingerprint density at radius 3 is 2.76 bits per heavy atom. The first-order chi connectivity index (χ1) is 18.1. The summed E-state index contributed by atoms with van der Waals surface area (Å²) in [4.78, 5) is 21.3. The van der Waals surface area contributed by atoms with Crippen LogP contribution in [0, 0.1) is 5.82 Å². The van der Waals surface area contributed by atoms with Gasteiger partial charge in [0.05, 0.1) is 22.0 Å². The summed E-state index contributed by atoms with van der Waals surface area (Å²) >= 11 is 7.18. The largest absolute Gasteiger partial charge is 0.308 e. The van der Waals surface area contributed by atoms with Crippen molar-refractivity contribution in [3.8, 4) is 5.69 Å². The van der Waals surface area contributed by atoms with Gasteiger partial charge >= 0.3 is 0 Å². The summed E-state index contributed by atoms with van der Waals surface area (Å²) in [5.41, 5.74) is 1.08. The third-order valence-electron chi connectivity index (χ3n) is 6.60. The molecule has 0 radical (unpaired) electrons. The molecule has 38 heavy (non-hydrogen) atoms. The van der Waals surface area contributed by atoms with Gasteiger partial charge in [0.15, 0.2) is 0 Å². The molecule has 1 amide bonds. The van der Waals surface area contributed by atoms with Gasteiger partial charge in [-0.3, -0.25) is 9.69 Å². The van der Waals surface area contributed by atoms with Crippen molar-refractivity contribution in [2.75, 3.05) is 24.5 Å². The minimum atomic E-state index is -3.93. The molecular formula is C25H26ClF2N5O3S2. The van der Waals surface area contributed by atoms with Gasteiger partial charge in [-0.1, -0.05) is 11.6 Å². The van der Waals surface area contributed by atoms with Gasteiger partial charge in [0.1, 0.15) is 23.9 Å². The molecule has 2 saturated heterocycles. The van der Waals surface area contributed by atoms with Gasteiger partial charge in [-0.25, -0.2) is 22.2 Å². The lowest BCUT2D eigenvalue weighted by molar-refractivity contribution is -0.118. The number of rotatable bonds is 8. The second-order valence-corrected chi connectivity index (χ2v) is 12.6. The summed E-state index contributed by atoms with van der Waals surface area (Å²) in [5, 5.41) is 1.07. The molecule has 2 aliphatic rings. The molecule has 202 valence electrons. The summed E-state index contributed by atoms with van der Waals surface area (Å²) in [6, 6.07) is 6.89. The maximum absolute atomic E-state index is 15.2. The molecule has 1 aromatic carbocycles. The zero-order chi connectivity index (χ0) is 27.0. The number of thiophene rings is 1. The van der Waals surface area contributed by atoms with Crippen LogP contribution >= 0.6 is 22.9 Å². The lowest BCUT2D eigenvalue weighted by atomic mass is 10.2. The van der Waals surface area contributed by atoms with Gasteiger partial charge in [-0.05, 0) is 49.6 Å². The number of allylic oxidation sites excluding steroid dienone is 1. The Hall–Kier alpha value is -2.64.